The topological polar surface area (TPSA) is 169 Å². The van der Waals surface area contributed by atoms with Crippen molar-refractivity contribution in [2.45, 2.75) is 82.1 Å². The SMILES string of the molecule is COC(=O)[C@H](Cc1ccccc1)n1cc(CO[C@@H]2[C@@H](OCc3ccccc3)[C@@H](OC)O[C@H](COCc3ccccc3)[C@H]2OCc2cn([C@@H](Cc3ccccc3)C(=O)OC)nn2)nn1. The van der Waals surface area contributed by atoms with E-state index in [0.29, 0.717) is 30.8 Å². The molecule has 0 saturated carbocycles. The number of aromatic nitrogens is 6. The molecule has 0 bridgehead atoms. The summed E-state index contributed by atoms with van der Waals surface area (Å²) in [7, 11) is 4.23. The standard InChI is InChI=1S/C47H52N6O10/c1-56-45(54)39(24-33-16-8-4-9-17-33)52-26-37(48-50-52)30-61-42-41(32-59-28-35-20-12-6-13-21-35)63-47(58-3)44(60-29-36-22-14-7-15-23-36)43(42)62-31-38-27-53(51-49-38)40(46(55)57-2)25-34-18-10-5-11-19-34/h4-23,26-27,39-44,47H,24-25,28-32H2,1-3H3/t39-,40-,41+,42+,43-,44+,47-/m0/s1. The lowest BCUT2D eigenvalue weighted by atomic mass is 9.98. The van der Waals surface area contributed by atoms with Crippen molar-refractivity contribution in [1.29, 1.82) is 0 Å². The molecule has 3 heterocycles. The van der Waals surface area contributed by atoms with Crippen LogP contribution in [0.15, 0.2) is 134 Å². The van der Waals surface area contributed by atoms with Crippen LogP contribution in [-0.4, -0.2) is 101 Å². The van der Waals surface area contributed by atoms with Gasteiger partial charge in [-0.1, -0.05) is 132 Å². The number of carbonyl (C=O) groups excluding carboxylic acids is 2. The number of esters is 2. The van der Waals surface area contributed by atoms with E-state index < -0.39 is 54.7 Å². The van der Waals surface area contributed by atoms with Gasteiger partial charge in [0.1, 0.15) is 35.8 Å². The molecule has 330 valence electrons. The summed E-state index contributed by atoms with van der Waals surface area (Å²) in [5, 5.41) is 17.4. The maximum atomic E-state index is 13.0. The van der Waals surface area contributed by atoms with E-state index in [4.69, 9.17) is 37.9 Å². The first-order chi connectivity index (χ1) is 30.9. The number of carbonyl (C=O) groups is 2. The first kappa shape index (κ1) is 44.9. The molecule has 2 aromatic heterocycles. The van der Waals surface area contributed by atoms with Crippen LogP contribution in [0.4, 0.5) is 0 Å². The highest BCUT2D eigenvalue weighted by molar-refractivity contribution is 5.74. The largest absolute Gasteiger partial charge is 0.467 e. The third-order valence-electron chi connectivity index (χ3n) is 10.6. The Morgan fingerprint density at radius 1 is 0.556 bits per heavy atom. The van der Waals surface area contributed by atoms with Crippen LogP contribution in [0, 0.1) is 0 Å². The Balaban J connectivity index is 1.16. The molecule has 0 amide bonds. The number of hydrogen-bond donors (Lipinski definition) is 0. The second-order valence-corrected chi connectivity index (χ2v) is 14.9. The highest BCUT2D eigenvalue weighted by Crippen LogP contribution is 2.31. The van der Waals surface area contributed by atoms with Crippen LogP contribution in [0.25, 0.3) is 0 Å². The molecule has 0 aliphatic carbocycles. The summed E-state index contributed by atoms with van der Waals surface area (Å²) < 4.78 is 52.1. The van der Waals surface area contributed by atoms with Gasteiger partial charge in [-0.15, -0.1) is 10.2 Å². The Morgan fingerprint density at radius 2 is 0.984 bits per heavy atom. The van der Waals surface area contributed by atoms with E-state index >= 15 is 0 Å². The number of benzene rings is 4. The van der Waals surface area contributed by atoms with Gasteiger partial charge in [-0.3, -0.25) is 0 Å². The molecule has 4 aromatic carbocycles. The molecule has 7 rings (SSSR count). The second-order valence-electron chi connectivity index (χ2n) is 14.9. The molecule has 1 fully saturated rings. The van der Waals surface area contributed by atoms with Gasteiger partial charge in [0.15, 0.2) is 18.4 Å². The van der Waals surface area contributed by atoms with Crippen molar-refractivity contribution < 1.29 is 47.5 Å². The van der Waals surface area contributed by atoms with E-state index in [0.717, 1.165) is 22.3 Å². The minimum atomic E-state index is -0.895. The Morgan fingerprint density at radius 3 is 1.44 bits per heavy atom. The van der Waals surface area contributed by atoms with Crippen molar-refractivity contribution in [3.63, 3.8) is 0 Å². The highest BCUT2D eigenvalue weighted by Gasteiger charge is 2.49. The van der Waals surface area contributed by atoms with Crippen molar-refractivity contribution >= 4 is 11.9 Å². The highest BCUT2D eigenvalue weighted by atomic mass is 16.7. The van der Waals surface area contributed by atoms with Crippen LogP contribution in [0.3, 0.4) is 0 Å². The number of nitrogens with zero attached hydrogens (tertiary/aromatic N) is 6. The van der Waals surface area contributed by atoms with E-state index in [1.54, 1.807) is 19.5 Å². The fourth-order valence-corrected chi connectivity index (χ4v) is 7.35. The van der Waals surface area contributed by atoms with E-state index in [2.05, 4.69) is 20.6 Å². The van der Waals surface area contributed by atoms with E-state index in [1.807, 2.05) is 121 Å². The van der Waals surface area contributed by atoms with Gasteiger partial charge >= 0.3 is 11.9 Å². The average Bonchev–Trinajstić information content (AvgIpc) is 4.02. The lowest BCUT2D eigenvalue weighted by molar-refractivity contribution is -0.323. The van der Waals surface area contributed by atoms with Crippen LogP contribution in [0.2, 0.25) is 0 Å². The fraction of sp³-hybridized carbons (Fsp3) is 0.362. The summed E-state index contributed by atoms with van der Waals surface area (Å²) in [5.74, 6) is -0.917. The van der Waals surface area contributed by atoms with Crippen molar-refractivity contribution in [3.05, 3.63) is 167 Å². The lowest BCUT2D eigenvalue weighted by Gasteiger charge is -2.45. The monoisotopic (exact) mass is 860 g/mol. The Hall–Kier alpha value is -6.14. The van der Waals surface area contributed by atoms with Crippen molar-refractivity contribution in [3.8, 4) is 0 Å². The average molecular weight is 861 g/mol. The number of ether oxygens (including phenoxy) is 8. The minimum absolute atomic E-state index is 0.0398. The molecule has 6 aromatic rings. The smallest absolute Gasteiger partial charge is 0.331 e. The molecule has 1 aliphatic rings. The number of rotatable bonds is 22. The van der Waals surface area contributed by atoms with Gasteiger partial charge in [0, 0.05) is 20.0 Å². The summed E-state index contributed by atoms with van der Waals surface area (Å²) in [5.41, 5.74) is 4.68. The zero-order valence-electron chi connectivity index (χ0n) is 35.5. The third kappa shape index (κ3) is 12.3. The fourth-order valence-electron chi connectivity index (χ4n) is 7.35. The zero-order chi connectivity index (χ0) is 43.8. The van der Waals surface area contributed by atoms with E-state index in [9.17, 15) is 9.59 Å². The Bertz CT molecular complexity index is 2280. The van der Waals surface area contributed by atoms with Gasteiger partial charge in [0.2, 0.25) is 0 Å². The van der Waals surface area contributed by atoms with Gasteiger partial charge in [-0.2, -0.15) is 0 Å². The van der Waals surface area contributed by atoms with Gasteiger partial charge in [-0.05, 0) is 22.3 Å². The second kappa shape index (κ2) is 22.8. The molecule has 1 aliphatic heterocycles. The van der Waals surface area contributed by atoms with Crippen LogP contribution < -0.4 is 0 Å². The maximum Gasteiger partial charge on any atom is 0.331 e. The first-order valence-electron chi connectivity index (χ1n) is 20.7. The first-order valence-corrected chi connectivity index (χ1v) is 20.7. The van der Waals surface area contributed by atoms with Gasteiger partial charge in [0.05, 0.1) is 59.6 Å². The molecule has 16 heteroatoms. The van der Waals surface area contributed by atoms with Gasteiger partial charge in [-0.25, -0.2) is 19.0 Å². The van der Waals surface area contributed by atoms with Gasteiger partial charge in [0.25, 0.3) is 0 Å². The van der Waals surface area contributed by atoms with Crippen LogP contribution in [-0.2, 0) is 86.8 Å². The summed E-state index contributed by atoms with van der Waals surface area (Å²) >= 11 is 0. The van der Waals surface area contributed by atoms with Crippen molar-refractivity contribution in [2.75, 3.05) is 27.9 Å². The molecule has 7 atom stereocenters. The number of methoxy groups -OCH3 is 3. The lowest BCUT2D eigenvalue weighted by Crippen LogP contribution is -2.61. The quantitative estimate of drug-likeness (QED) is 0.0793. The molecule has 0 radical (unpaired) electrons. The summed E-state index contributed by atoms with van der Waals surface area (Å²) in [6, 6.07) is 37.2. The maximum absolute atomic E-state index is 13.0. The minimum Gasteiger partial charge on any atom is -0.467 e. The predicted molar refractivity (Wildman–Crippen MR) is 226 cm³/mol. The number of hydrogen-bond acceptors (Lipinski definition) is 14. The molecule has 63 heavy (non-hydrogen) atoms. The van der Waals surface area contributed by atoms with Crippen LogP contribution >= 0.6 is 0 Å². The zero-order valence-corrected chi connectivity index (χ0v) is 35.5. The van der Waals surface area contributed by atoms with Crippen LogP contribution in [0.5, 0.6) is 0 Å². The molecule has 16 nitrogen and oxygen atoms in total. The molecule has 1 saturated heterocycles. The normalized spacial score (nSPS) is 19.6. The van der Waals surface area contributed by atoms with Crippen molar-refractivity contribution in [2.24, 2.45) is 0 Å². The summed E-state index contributed by atoms with van der Waals surface area (Å²) in [6.07, 6.45) is -0.0615. The van der Waals surface area contributed by atoms with Crippen LogP contribution in [0.1, 0.15) is 45.7 Å². The van der Waals surface area contributed by atoms with E-state index in [-0.39, 0.29) is 26.4 Å². The Kier molecular flexibility index (Phi) is 16.3. The molecular formula is C47H52N6O10. The predicted octanol–water partition coefficient (Wildman–Crippen LogP) is 5.43. The van der Waals surface area contributed by atoms with E-state index in [1.165, 1.54) is 23.6 Å². The van der Waals surface area contributed by atoms with Gasteiger partial charge < -0.3 is 37.9 Å². The van der Waals surface area contributed by atoms with Crippen molar-refractivity contribution in [1.82, 2.24) is 30.0 Å². The molecule has 0 spiro atoms. The summed E-state index contributed by atoms with van der Waals surface area (Å²) in [6.45, 7) is 0.566. The summed E-state index contributed by atoms with van der Waals surface area (Å²) in [4.78, 5) is 26.0. The Labute approximate surface area is 365 Å². The third-order valence-corrected chi connectivity index (χ3v) is 10.6. The molecule has 0 unspecified atom stereocenters. The molecular weight excluding hydrogens is 809 g/mol. The molecule has 0 N–H and O–H groups in total.